The first kappa shape index (κ1) is 20.5. The summed E-state index contributed by atoms with van der Waals surface area (Å²) in [6.07, 6.45) is 1.66. The zero-order valence-corrected chi connectivity index (χ0v) is 16.9. The Morgan fingerprint density at radius 2 is 1.53 bits per heavy atom. The lowest BCUT2D eigenvalue weighted by Gasteiger charge is -2.32. The quantitative estimate of drug-likeness (QED) is 0.774. The van der Waals surface area contributed by atoms with E-state index < -0.39 is 0 Å². The molecule has 0 unspecified atom stereocenters. The Hall–Kier alpha value is -2.81. The van der Waals surface area contributed by atoms with Gasteiger partial charge in [0.15, 0.2) is 11.5 Å². The van der Waals surface area contributed by atoms with Gasteiger partial charge >= 0.3 is 0 Å². The van der Waals surface area contributed by atoms with Gasteiger partial charge in [-0.2, -0.15) is 0 Å². The normalized spacial score (nSPS) is 18.9. The van der Waals surface area contributed by atoms with Crippen molar-refractivity contribution in [2.75, 3.05) is 51.5 Å². The minimum atomic E-state index is -0.144. The number of nitrogens with one attached hydrogen (secondary N) is 1. The monoisotopic (exact) mass is 417 g/mol. The van der Waals surface area contributed by atoms with Gasteiger partial charge in [0, 0.05) is 56.7 Å². The molecule has 9 nitrogen and oxygen atoms in total. The minimum Gasteiger partial charge on any atom is -0.454 e. The number of ether oxygens (including phenoxy) is 3. The molecule has 0 atom stereocenters. The Morgan fingerprint density at radius 1 is 0.900 bits per heavy atom. The number of nitrogens with zero attached hydrogens (tertiary/aromatic N) is 2. The molecule has 0 spiro atoms. The largest absolute Gasteiger partial charge is 0.454 e. The highest BCUT2D eigenvalue weighted by Crippen LogP contribution is 2.34. The maximum absolute atomic E-state index is 12.6. The Labute approximate surface area is 175 Å². The van der Waals surface area contributed by atoms with Crippen LogP contribution in [-0.2, 0) is 19.1 Å². The van der Waals surface area contributed by atoms with Crippen molar-refractivity contribution >= 4 is 23.4 Å². The van der Waals surface area contributed by atoms with Crippen molar-refractivity contribution < 1.29 is 28.6 Å². The molecule has 0 radical (unpaired) electrons. The number of hydrogen-bond acceptors (Lipinski definition) is 6. The molecule has 2 saturated heterocycles. The smallest absolute Gasteiger partial charge is 0.231 e. The molecular formula is C21H27N3O6. The molecular weight excluding hydrogens is 390 g/mol. The van der Waals surface area contributed by atoms with Gasteiger partial charge in [0.1, 0.15) is 0 Å². The Balaban J connectivity index is 1.20. The molecule has 0 saturated carbocycles. The third-order valence-electron chi connectivity index (χ3n) is 5.78. The third-order valence-corrected chi connectivity index (χ3v) is 5.78. The lowest BCUT2D eigenvalue weighted by atomic mass is 9.95. The molecule has 3 aliphatic heterocycles. The number of carbonyl (C=O) groups excluding carboxylic acids is 3. The van der Waals surface area contributed by atoms with Gasteiger partial charge in [-0.1, -0.05) is 0 Å². The molecule has 162 valence electrons. The predicted molar refractivity (Wildman–Crippen MR) is 107 cm³/mol. The lowest BCUT2D eigenvalue weighted by molar-refractivity contribution is -0.140. The summed E-state index contributed by atoms with van der Waals surface area (Å²) < 4.78 is 15.9. The Morgan fingerprint density at radius 3 is 2.23 bits per heavy atom. The standard InChI is InChI=1S/C21H27N3O6/c25-19(3-4-20(26)24-9-11-28-12-10-24)23-7-5-15(6-8-23)21(27)22-16-1-2-17-18(13-16)30-14-29-17/h1-2,13,15H,3-12,14H2,(H,22,27). The van der Waals surface area contributed by atoms with E-state index in [-0.39, 0.29) is 43.3 Å². The number of benzene rings is 1. The molecule has 0 aliphatic carbocycles. The highest BCUT2D eigenvalue weighted by molar-refractivity contribution is 5.93. The van der Waals surface area contributed by atoms with Gasteiger partial charge in [-0.25, -0.2) is 0 Å². The maximum atomic E-state index is 12.6. The third kappa shape index (κ3) is 4.84. The van der Waals surface area contributed by atoms with Gasteiger partial charge in [0.05, 0.1) is 13.2 Å². The number of amides is 3. The lowest BCUT2D eigenvalue weighted by Crippen LogP contribution is -2.43. The van der Waals surface area contributed by atoms with E-state index in [0.717, 1.165) is 0 Å². The molecule has 4 rings (SSSR count). The van der Waals surface area contributed by atoms with Gasteiger partial charge < -0.3 is 29.3 Å². The molecule has 3 aliphatic rings. The predicted octanol–water partition coefficient (Wildman–Crippen LogP) is 1.23. The highest BCUT2D eigenvalue weighted by Gasteiger charge is 2.28. The molecule has 1 aromatic rings. The second-order valence-corrected chi connectivity index (χ2v) is 7.71. The van der Waals surface area contributed by atoms with Crippen LogP contribution in [0.5, 0.6) is 11.5 Å². The summed E-state index contributed by atoms with van der Waals surface area (Å²) in [6, 6.07) is 5.32. The van der Waals surface area contributed by atoms with Crippen LogP contribution >= 0.6 is 0 Å². The molecule has 1 N–H and O–H groups in total. The molecule has 3 heterocycles. The summed E-state index contributed by atoms with van der Waals surface area (Å²) in [5, 5.41) is 2.92. The molecule has 0 bridgehead atoms. The number of anilines is 1. The van der Waals surface area contributed by atoms with E-state index in [1.807, 2.05) is 0 Å². The van der Waals surface area contributed by atoms with Crippen LogP contribution in [0.15, 0.2) is 18.2 Å². The summed E-state index contributed by atoms with van der Waals surface area (Å²) in [6.45, 7) is 3.56. The average molecular weight is 417 g/mol. The second kappa shape index (κ2) is 9.34. The first-order valence-corrected chi connectivity index (χ1v) is 10.4. The molecule has 2 fully saturated rings. The topological polar surface area (TPSA) is 97.4 Å². The van der Waals surface area contributed by atoms with Crippen LogP contribution in [0.25, 0.3) is 0 Å². The fourth-order valence-corrected chi connectivity index (χ4v) is 3.95. The second-order valence-electron chi connectivity index (χ2n) is 7.71. The zero-order chi connectivity index (χ0) is 20.9. The van der Waals surface area contributed by atoms with Crippen LogP contribution in [0.2, 0.25) is 0 Å². The van der Waals surface area contributed by atoms with Crippen LogP contribution in [0.4, 0.5) is 5.69 Å². The van der Waals surface area contributed by atoms with E-state index >= 15 is 0 Å². The number of fused-ring (bicyclic) bond motifs is 1. The van der Waals surface area contributed by atoms with Gasteiger partial charge in [-0.3, -0.25) is 14.4 Å². The van der Waals surface area contributed by atoms with Crippen LogP contribution in [-0.4, -0.2) is 73.7 Å². The highest BCUT2D eigenvalue weighted by atomic mass is 16.7. The molecule has 0 aromatic heterocycles. The number of piperidine rings is 1. The maximum Gasteiger partial charge on any atom is 0.231 e. The van der Waals surface area contributed by atoms with Gasteiger partial charge in [0.25, 0.3) is 0 Å². The van der Waals surface area contributed by atoms with E-state index in [2.05, 4.69) is 5.32 Å². The van der Waals surface area contributed by atoms with Crippen molar-refractivity contribution in [3.63, 3.8) is 0 Å². The van der Waals surface area contributed by atoms with Gasteiger partial charge in [-0.15, -0.1) is 0 Å². The van der Waals surface area contributed by atoms with E-state index in [0.29, 0.717) is 69.4 Å². The van der Waals surface area contributed by atoms with Crippen molar-refractivity contribution in [2.24, 2.45) is 5.92 Å². The van der Waals surface area contributed by atoms with Gasteiger partial charge in [0.2, 0.25) is 24.5 Å². The minimum absolute atomic E-state index is 0.00430. The van der Waals surface area contributed by atoms with Gasteiger partial charge in [-0.05, 0) is 25.0 Å². The summed E-state index contributed by atoms with van der Waals surface area (Å²) in [4.78, 5) is 40.8. The number of carbonyl (C=O) groups is 3. The average Bonchev–Trinajstić information content (AvgIpc) is 3.26. The molecule has 3 amide bonds. The van der Waals surface area contributed by atoms with E-state index in [9.17, 15) is 14.4 Å². The number of hydrogen-bond donors (Lipinski definition) is 1. The molecule has 9 heteroatoms. The fraction of sp³-hybridized carbons (Fsp3) is 0.571. The van der Waals surface area contributed by atoms with Crippen molar-refractivity contribution in [2.45, 2.75) is 25.7 Å². The van der Waals surface area contributed by atoms with Crippen molar-refractivity contribution in [1.82, 2.24) is 9.80 Å². The van der Waals surface area contributed by atoms with E-state index in [1.165, 1.54) is 0 Å². The van der Waals surface area contributed by atoms with Crippen LogP contribution in [0.1, 0.15) is 25.7 Å². The first-order chi connectivity index (χ1) is 14.6. The number of morpholine rings is 1. The zero-order valence-electron chi connectivity index (χ0n) is 16.9. The Bertz CT molecular complexity index is 800. The fourth-order valence-electron chi connectivity index (χ4n) is 3.95. The van der Waals surface area contributed by atoms with Crippen LogP contribution < -0.4 is 14.8 Å². The van der Waals surface area contributed by atoms with E-state index in [4.69, 9.17) is 14.2 Å². The summed E-state index contributed by atoms with van der Waals surface area (Å²) in [7, 11) is 0. The molecule has 30 heavy (non-hydrogen) atoms. The SMILES string of the molecule is O=C(Nc1ccc2c(c1)OCO2)C1CCN(C(=O)CCC(=O)N2CCOCC2)CC1. The Kier molecular flexibility index (Phi) is 6.37. The number of likely N-dealkylation sites (tertiary alicyclic amines) is 1. The van der Waals surface area contributed by atoms with E-state index in [1.54, 1.807) is 28.0 Å². The first-order valence-electron chi connectivity index (χ1n) is 10.4. The van der Waals surface area contributed by atoms with Crippen molar-refractivity contribution in [3.05, 3.63) is 18.2 Å². The summed E-state index contributed by atoms with van der Waals surface area (Å²) in [5.74, 6) is 1.08. The summed E-state index contributed by atoms with van der Waals surface area (Å²) in [5.41, 5.74) is 0.671. The van der Waals surface area contributed by atoms with Crippen molar-refractivity contribution in [1.29, 1.82) is 0 Å². The van der Waals surface area contributed by atoms with Crippen LogP contribution in [0.3, 0.4) is 0 Å². The number of rotatable bonds is 5. The molecule has 1 aromatic carbocycles. The van der Waals surface area contributed by atoms with Crippen molar-refractivity contribution in [3.8, 4) is 11.5 Å². The summed E-state index contributed by atoms with van der Waals surface area (Å²) >= 11 is 0. The van der Waals surface area contributed by atoms with Crippen LogP contribution in [0, 0.1) is 5.92 Å².